The molecule has 2 aromatic carbocycles. The molecule has 1 unspecified atom stereocenters. The van der Waals surface area contributed by atoms with E-state index in [-0.39, 0.29) is 16.9 Å². The first-order chi connectivity index (χ1) is 15.6. The number of nitrogens with one attached hydrogen (secondary N) is 1. The Morgan fingerprint density at radius 2 is 1.70 bits per heavy atom. The summed E-state index contributed by atoms with van der Waals surface area (Å²) in [4.78, 5) is 16.7. The Hall–Kier alpha value is -2.70. The van der Waals surface area contributed by atoms with Crippen LogP contribution in [0.2, 0.25) is 0 Å². The minimum absolute atomic E-state index is 0.0513. The lowest BCUT2D eigenvalue weighted by molar-refractivity contribution is -0.274. The standard InChI is InChI=1S/C21H21F4N3O4S/c22-16-4-2-15(3-5-16)20(7-8-20)28-11-9-27(10-12-28)19(29)14-1-6-17(26-33(30)31)18(13-14)32-21(23,24)25/h1-6,13,26H,7-12H2,(H,30,31)/p-1. The van der Waals surface area contributed by atoms with Crippen molar-refractivity contribution in [3.8, 4) is 5.75 Å². The molecule has 2 aliphatic rings. The quantitative estimate of drug-likeness (QED) is 0.500. The third-order valence-electron chi connectivity index (χ3n) is 5.92. The van der Waals surface area contributed by atoms with Crippen molar-refractivity contribution in [2.45, 2.75) is 24.7 Å². The van der Waals surface area contributed by atoms with E-state index in [9.17, 15) is 31.1 Å². The van der Waals surface area contributed by atoms with E-state index in [4.69, 9.17) is 0 Å². The van der Waals surface area contributed by atoms with E-state index in [0.29, 0.717) is 26.2 Å². The third kappa shape index (κ3) is 5.28. The predicted octanol–water partition coefficient (Wildman–Crippen LogP) is 3.38. The Bertz CT molecular complexity index is 1050. The van der Waals surface area contributed by atoms with Crippen LogP contribution in [0.25, 0.3) is 0 Å². The normalized spacial score (nSPS) is 19.1. The van der Waals surface area contributed by atoms with Crippen LogP contribution in [-0.2, 0) is 16.8 Å². The molecule has 0 aromatic heterocycles. The van der Waals surface area contributed by atoms with Crippen molar-refractivity contribution in [2.75, 3.05) is 30.9 Å². The van der Waals surface area contributed by atoms with Crippen LogP contribution in [0.4, 0.5) is 23.2 Å². The molecule has 33 heavy (non-hydrogen) atoms. The van der Waals surface area contributed by atoms with Crippen LogP contribution in [0, 0.1) is 5.82 Å². The number of carbonyl (C=O) groups is 1. The maximum Gasteiger partial charge on any atom is 0.573 e. The van der Waals surface area contributed by atoms with Crippen LogP contribution in [0.15, 0.2) is 42.5 Å². The second-order valence-corrected chi connectivity index (χ2v) is 8.59. The van der Waals surface area contributed by atoms with Gasteiger partial charge in [0.2, 0.25) is 0 Å². The number of carbonyl (C=O) groups excluding carboxylic acids is 1. The van der Waals surface area contributed by atoms with E-state index in [1.54, 1.807) is 12.1 Å². The lowest BCUT2D eigenvalue weighted by Gasteiger charge is -2.40. The molecule has 1 saturated carbocycles. The Kier molecular flexibility index (Phi) is 6.34. The number of piperazine rings is 1. The summed E-state index contributed by atoms with van der Waals surface area (Å²) in [5, 5.41) is 0. The van der Waals surface area contributed by atoms with Crippen molar-refractivity contribution < 1.29 is 35.9 Å². The molecule has 1 aliphatic carbocycles. The summed E-state index contributed by atoms with van der Waals surface area (Å²) in [5.74, 6) is -1.60. The van der Waals surface area contributed by atoms with Crippen molar-refractivity contribution in [3.63, 3.8) is 0 Å². The predicted molar refractivity (Wildman–Crippen MR) is 110 cm³/mol. The highest BCUT2D eigenvalue weighted by molar-refractivity contribution is 7.80. The van der Waals surface area contributed by atoms with Gasteiger partial charge in [-0.3, -0.25) is 13.9 Å². The van der Waals surface area contributed by atoms with Gasteiger partial charge in [-0.1, -0.05) is 12.1 Å². The summed E-state index contributed by atoms with van der Waals surface area (Å²) in [7, 11) is 0. The van der Waals surface area contributed by atoms with Crippen molar-refractivity contribution in [2.24, 2.45) is 0 Å². The number of alkyl halides is 3. The summed E-state index contributed by atoms with van der Waals surface area (Å²) >= 11 is -2.87. The first-order valence-electron chi connectivity index (χ1n) is 10.1. The van der Waals surface area contributed by atoms with Crippen molar-refractivity contribution in [1.82, 2.24) is 9.80 Å². The molecule has 1 aliphatic heterocycles. The topological polar surface area (TPSA) is 84.9 Å². The van der Waals surface area contributed by atoms with Crippen molar-refractivity contribution >= 4 is 22.9 Å². The molecule has 0 bridgehead atoms. The smallest absolute Gasteiger partial charge is 0.573 e. The minimum atomic E-state index is -5.06. The Labute approximate surface area is 189 Å². The fourth-order valence-corrected chi connectivity index (χ4v) is 4.57. The number of benzene rings is 2. The number of amides is 1. The molecule has 12 heteroatoms. The van der Waals surface area contributed by atoms with Gasteiger partial charge in [-0.2, -0.15) is 0 Å². The molecule has 178 valence electrons. The maximum atomic E-state index is 13.3. The second-order valence-electron chi connectivity index (χ2n) is 7.91. The largest absolute Gasteiger partial charge is 0.755 e. The lowest BCUT2D eigenvalue weighted by atomic mass is 10.0. The molecule has 0 spiro atoms. The number of nitrogens with zero attached hydrogens (tertiary/aromatic N) is 2. The molecular weight excluding hydrogens is 466 g/mol. The SMILES string of the molecule is O=C(c1ccc(NS(=O)[O-])c(OC(F)(F)F)c1)N1CCN(C2(c3ccc(F)cc3)CC2)CC1. The van der Waals surface area contributed by atoms with E-state index >= 15 is 0 Å². The van der Waals surface area contributed by atoms with Crippen LogP contribution in [-0.4, -0.2) is 57.0 Å². The van der Waals surface area contributed by atoms with Gasteiger partial charge in [0.05, 0.1) is 5.69 Å². The zero-order valence-corrected chi connectivity index (χ0v) is 18.0. The first kappa shape index (κ1) is 23.5. The molecule has 2 fully saturated rings. The van der Waals surface area contributed by atoms with Crippen molar-refractivity contribution in [3.05, 3.63) is 59.4 Å². The van der Waals surface area contributed by atoms with Gasteiger partial charge in [0, 0.05) is 48.5 Å². The molecule has 1 amide bonds. The van der Waals surface area contributed by atoms with E-state index in [0.717, 1.165) is 30.5 Å². The number of ether oxygens (including phenoxy) is 1. The fourth-order valence-electron chi connectivity index (χ4n) is 4.22. The molecular formula is C21H20F4N3O4S-. The molecule has 1 heterocycles. The average molecular weight is 486 g/mol. The molecule has 0 radical (unpaired) electrons. The van der Waals surface area contributed by atoms with Gasteiger partial charge in [-0.05, 0) is 48.7 Å². The van der Waals surface area contributed by atoms with Gasteiger partial charge >= 0.3 is 6.36 Å². The summed E-state index contributed by atoms with van der Waals surface area (Å²) in [6.45, 7) is 1.84. The fraction of sp³-hybridized carbons (Fsp3) is 0.381. The number of rotatable bonds is 6. The zero-order chi connectivity index (χ0) is 23.8. The Balaban J connectivity index is 1.45. The van der Waals surface area contributed by atoms with Gasteiger partial charge in [0.15, 0.2) is 5.75 Å². The van der Waals surface area contributed by atoms with Crippen LogP contribution in [0.5, 0.6) is 5.75 Å². The summed E-state index contributed by atoms with van der Waals surface area (Å²) in [6.07, 6.45) is -3.20. The van der Waals surface area contributed by atoms with Gasteiger partial charge in [-0.15, -0.1) is 13.2 Å². The number of hydrogen-bond acceptors (Lipinski definition) is 5. The number of hydrogen-bond donors (Lipinski definition) is 1. The lowest BCUT2D eigenvalue weighted by Crippen LogP contribution is -2.52. The number of halogens is 4. The summed E-state index contributed by atoms with van der Waals surface area (Å²) < 4.78 is 78.9. The van der Waals surface area contributed by atoms with Crippen molar-refractivity contribution in [1.29, 1.82) is 0 Å². The van der Waals surface area contributed by atoms with Gasteiger partial charge in [0.1, 0.15) is 5.82 Å². The third-order valence-corrected chi connectivity index (χ3v) is 6.31. The highest BCUT2D eigenvalue weighted by Gasteiger charge is 2.50. The van der Waals surface area contributed by atoms with Gasteiger partial charge in [-0.25, -0.2) is 4.39 Å². The van der Waals surface area contributed by atoms with E-state index < -0.39 is 35.0 Å². The van der Waals surface area contributed by atoms with Crippen LogP contribution in [0.1, 0.15) is 28.8 Å². The van der Waals surface area contributed by atoms with Gasteiger partial charge in [0.25, 0.3) is 5.91 Å². The highest BCUT2D eigenvalue weighted by atomic mass is 32.2. The Morgan fingerprint density at radius 1 is 1.06 bits per heavy atom. The van der Waals surface area contributed by atoms with E-state index in [1.807, 2.05) is 4.72 Å². The maximum absolute atomic E-state index is 13.3. The molecule has 2 aromatic rings. The van der Waals surface area contributed by atoms with Crippen LogP contribution in [0.3, 0.4) is 0 Å². The molecule has 1 atom stereocenters. The first-order valence-corrected chi connectivity index (χ1v) is 11.2. The molecule has 7 nitrogen and oxygen atoms in total. The van der Waals surface area contributed by atoms with Gasteiger partial charge < -0.3 is 18.9 Å². The molecule has 4 rings (SSSR count). The zero-order valence-electron chi connectivity index (χ0n) is 17.2. The van der Waals surface area contributed by atoms with E-state index in [1.165, 1.54) is 23.1 Å². The summed E-state index contributed by atoms with van der Waals surface area (Å²) in [5.41, 5.74) is 0.371. The minimum Gasteiger partial charge on any atom is -0.755 e. The van der Waals surface area contributed by atoms with E-state index in [2.05, 4.69) is 9.64 Å². The van der Waals surface area contributed by atoms with Crippen LogP contribution >= 0.6 is 0 Å². The highest BCUT2D eigenvalue weighted by Crippen LogP contribution is 2.51. The van der Waals surface area contributed by atoms with Crippen LogP contribution < -0.4 is 9.46 Å². The molecule has 1 saturated heterocycles. The number of anilines is 1. The summed E-state index contributed by atoms with van der Waals surface area (Å²) in [6, 6.07) is 9.56. The Morgan fingerprint density at radius 3 is 2.24 bits per heavy atom. The average Bonchev–Trinajstić information content (AvgIpc) is 3.56. The monoisotopic (exact) mass is 486 g/mol. The second kappa shape index (κ2) is 8.92. The molecule has 1 N–H and O–H groups in total.